The molecule has 88 valence electrons. The van der Waals surface area contributed by atoms with Crippen molar-refractivity contribution >= 4 is 5.82 Å². The van der Waals surface area contributed by atoms with Crippen molar-refractivity contribution in [1.82, 2.24) is 4.98 Å². The number of rotatable bonds is 4. The molecule has 0 fully saturated rings. The molecule has 1 atom stereocenters. The second-order valence-corrected chi connectivity index (χ2v) is 4.61. The van der Waals surface area contributed by atoms with Gasteiger partial charge in [-0.25, -0.2) is 9.37 Å². The van der Waals surface area contributed by atoms with Gasteiger partial charge in [-0.05, 0) is 25.3 Å². The number of pyridine rings is 1. The Morgan fingerprint density at radius 3 is 2.69 bits per heavy atom. The van der Waals surface area contributed by atoms with Crippen LogP contribution in [0.3, 0.4) is 0 Å². The number of nitrogen functional groups attached to an aromatic ring is 1. The highest BCUT2D eigenvalue weighted by Crippen LogP contribution is 2.30. The molecule has 0 spiro atoms. The number of alkyl halides is 1. The van der Waals surface area contributed by atoms with Gasteiger partial charge in [0.2, 0.25) is 0 Å². The molecule has 0 radical (unpaired) electrons. The maximum absolute atomic E-state index is 14.2. The average Bonchev–Trinajstić information content (AvgIpc) is 2.16. The van der Waals surface area contributed by atoms with Gasteiger partial charge in [0.1, 0.15) is 5.82 Å². The molecular formula is C13H19FN2. The van der Waals surface area contributed by atoms with E-state index in [1.807, 2.05) is 0 Å². The van der Waals surface area contributed by atoms with Gasteiger partial charge in [0.25, 0.3) is 0 Å². The Labute approximate surface area is 96.4 Å². The molecule has 1 rings (SSSR count). The van der Waals surface area contributed by atoms with Crippen molar-refractivity contribution in [2.45, 2.75) is 32.9 Å². The van der Waals surface area contributed by atoms with Crippen molar-refractivity contribution < 1.29 is 4.39 Å². The van der Waals surface area contributed by atoms with E-state index >= 15 is 0 Å². The third-order valence-corrected chi connectivity index (χ3v) is 2.51. The summed E-state index contributed by atoms with van der Waals surface area (Å²) < 4.78 is 14.2. The molecule has 2 nitrogen and oxygen atoms in total. The summed E-state index contributed by atoms with van der Waals surface area (Å²) in [4.78, 5) is 4.22. The SMILES string of the molecule is C=CC(C)(F)c1ccc(N)nc1CC(C)C. The number of allylic oxidation sites excluding steroid dienone is 1. The fraction of sp³-hybridized carbons (Fsp3) is 0.462. The average molecular weight is 222 g/mol. The van der Waals surface area contributed by atoms with Crippen molar-refractivity contribution in [3.05, 3.63) is 36.0 Å². The molecule has 0 saturated heterocycles. The summed E-state index contributed by atoms with van der Waals surface area (Å²) in [7, 11) is 0. The Morgan fingerprint density at radius 2 is 2.19 bits per heavy atom. The van der Waals surface area contributed by atoms with Gasteiger partial charge < -0.3 is 5.73 Å². The van der Waals surface area contributed by atoms with E-state index < -0.39 is 5.67 Å². The Bertz CT molecular complexity index is 384. The lowest BCUT2D eigenvalue weighted by molar-refractivity contribution is 0.261. The van der Waals surface area contributed by atoms with Gasteiger partial charge in [-0.3, -0.25) is 0 Å². The van der Waals surface area contributed by atoms with Gasteiger partial charge in [-0.2, -0.15) is 0 Å². The predicted molar refractivity (Wildman–Crippen MR) is 65.8 cm³/mol. The molecule has 1 unspecified atom stereocenters. The fourth-order valence-electron chi connectivity index (χ4n) is 1.62. The lowest BCUT2D eigenvalue weighted by atomic mass is 9.92. The van der Waals surface area contributed by atoms with E-state index in [1.165, 1.54) is 13.0 Å². The Kier molecular flexibility index (Phi) is 3.68. The van der Waals surface area contributed by atoms with E-state index in [-0.39, 0.29) is 0 Å². The van der Waals surface area contributed by atoms with Crippen LogP contribution in [0.15, 0.2) is 24.8 Å². The second kappa shape index (κ2) is 4.64. The third-order valence-electron chi connectivity index (χ3n) is 2.51. The number of hydrogen-bond acceptors (Lipinski definition) is 2. The quantitative estimate of drug-likeness (QED) is 0.794. The highest BCUT2D eigenvalue weighted by atomic mass is 19.1. The summed E-state index contributed by atoms with van der Waals surface area (Å²) in [6.45, 7) is 9.14. The molecule has 1 heterocycles. The third kappa shape index (κ3) is 2.81. The first-order valence-corrected chi connectivity index (χ1v) is 5.45. The summed E-state index contributed by atoms with van der Waals surface area (Å²) in [6, 6.07) is 3.32. The molecule has 0 aliphatic heterocycles. The summed E-state index contributed by atoms with van der Waals surface area (Å²) in [5, 5.41) is 0. The zero-order chi connectivity index (χ0) is 12.3. The Morgan fingerprint density at radius 1 is 1.56 bits per heavy atom. The van der Waals surface area contributed by atoms with Crippen LogP contribution in [0, 0.1) is 5.92 Å². The predicted octanol–water partition coefficient (Wildman–Crippen LogP) is 3.23. The molecule has 0 bridgehead atoms. The first-order valence-electron chi connectivity index (χ1n) is 5.45. The molecule has 0 aliphatic rings. The summed E-state index contributed by atoms with van der Waals surface area (Å²) >= 11 is 0. The van der Waals surface area contributed by atoms with Crippen molar-refractivity contribution in [1.29, 1.82) is 0 Å². The van der Waals surface area contributed by atoms with Crippen LogP contribution in [0.25, 0.3) is 0 Å². The minimum atomic E-state index is -1.55. The second-order valence-electron chi connectivity index (χ2n) is 4.61. The molecule has 0 aromatic carbocycles. The highest BCUT2D eigenvalue weighted by Gasteiger charge is 2.25. The van der Waals surface area contributed by atoms with Gasteiger partial charge in [0.15, 0.2) is 5.67 Å². The van der Waals surface area contributed by atoms with E-state index in [1.54, 1.807) is 12.1 Å². The largest absolute Gasteiger partial charge is 0.384 e. The van der Waals surface area contributed by atoms with Crippen LogP contribution in [0.1, 0.15) is 32.0 Å². The highest BCUT2D eigenvalue weighted by molar-refractivity contribution is 5.38. The topological polar surface area (TPSA) is 38.9 Å². The standard InChI is InChI=1S/C13H19FN2/c1-5-13(4,14)10-6-7-12(15)16-11(10)8-9(2)3/h5-7,9H,1,8H2,2-4H3,(H2,15,16). The minimum absolute atomic E-state index is 0.411. The number of aromatic nitrogens is 1. The van der Waals surface area contributed by atoms with Gasteiger partial charge >= 0.3 is 0 Å². The summed E-state index contributed by atoms with van der Waals surface area (Å²) in [5.41, 5.74) is 5.36. The van der Waals surface area contributed by atoms with Gasteiger partial charge in [0, 0.05) is 11.3 Å². The van der Waals surface area contributed by atoms with E-state index in [0.717, 1.165) is 5.69 Å². The number of nitrogens with zero attached hydrogens (tertiary/aromatic N) is 1. The number of halogens is 1. The Hall–Kier alpha value is -1.38. The zero-order valence-corrected chi connectivity index (χ0v) is 10.1. The van der Waals surface area contributed by atoms with Crippen LogP contribution in [-0.2, 0) is 12.1 Å². The van der Waals surface area contributed by atoms with Crippen molar-refractivity contribution in [3.8, 4) is 0 Å². The molecule has 16 heavy (non-hydrogen) atoms. The van der Waals surface area contributed by atoms with Crippen molar-refractivity contribution in [2.75, 3.05) is 5.73 Å². The fourth-order valence-corrected chi connectivity index (χ4v) is 1.62. The van der Waals surface area contributed by atoms with Crippen LogP contribution in [0.4, 0.5) is 10.2 Å². The first-order chi connectivity index (χ1) is 7.36. The van der Waals surface area contributed by atoms with Crippen molar-refractivity contribution in [2.24, 2.45) is 5.92 Å². The van der Waals surface area contributed by atoms with Gasteiger partial charge in [-0.1, -0.05) is 32.6 Å². The van der Waals surface area contributed by atoms with Gasteiger partial charge in [0.05, 0.1) is 0 Å². The normalized spacial score (nSPS) is 14.8. The maximum Gasteiger partial charge on any atom is 0.152 e. The van der Waals surface area contributed by atoms with Crippen LogP contribution in [0.5, 0.6) is 0 Å². The van der Waals surface area contributed by atoms with Crippen molar-refractivity contribution in [3.63, 3.8) is 0 Å². The monoisotopic (exact) mass is 222 g/mol. The molecule has 3 heteroatoms. The van der Waals surface area contributed by atoms with E-state index in [0.29, 0.717) is 23.7 Å². The number of nitrogens with two attached hydrogens (primary N) is 1. The minimum Gasteiger partial charge on any atom is -0.384 e. The molecule has 2 N–H and O–H groups in total. The van der Waals surface area contributed by atoms with E-state index in [2.05, 4.69) is 25.4 Å². The molecule has 1 aromatic rings. The summed E-state index contributed by atoms with van der Waals surface area (Å²) in [5.74, 6) is 0.841. The molecule has 0 saturated carbocycles. The number of anilines is 1. The molecule has 1 aromatic heterocycles. The molecule has 0 aliphatic carbocycles. The van der Waals surface area contributed by atoms with Crippen LogP contribution in [-0.4, -0.2) is 4.98 Å². The zero-order valence-electron chi connectivity index (χ0n) is 10.1. The first kappa shape index (κ1) is 12.7. The lowest BCUT2D eigenvalue weighted by Gasteiger charge is -2.20. The smallest absolute Gasteiger partial charge is 0.152 e. The molecular weight excluding hydrogens is 203 g/mol. The summed E-state index contributed by atoms with van der Waals surface area (Å²) in [6.07, 6.45) is 2.01. The lowest BCUT2D eigenvalue weighted by Crippen LogP contribution is -2.17. The van der Waals surface area contributed by atoms with Crippen LogP contribution < -0.4 is 5.73 Å². The van der Waals surface area contributed by atoms with Crippen LogP contribution >= 0.6 is 0 Å². The van der Waals surface area contributed by atoms with Crippen LogP contribution in [0.2, 0.25) is 0 Å². The van der Waals surface area contributed by atoms with E-state index in [4.69, 9.17) is 5.73 Å². The molecule has 0 amide bonds. The maximum atomic E-state index is 14.2. The van der Waals surface area contributed by atoms with Gasteiger partial charge in [-0.15, -0.1) is 0 Å². The van der Waals surface area contributed by atoms with E-state index in [9.17, 15) is 4.39 Å². The number of hydrogen-bond donors (Lipinski definition) is 1. The Balaban J connectivity index is 3.22.